The first-order valence-corrected chi connectivity index (χ1v) is 11.1. The number of benzene rings is 2. The first-order valence-electron chi connectivity index (χ1n) is 10.8. The number of imide groups is 1. The van der Waals surface area contributed by atoms with Crippen molar-refractivity contribution in [1.29, 1.82) is 0 Å². The fraction of sp³-hybridized carbons (Fsp3) is 0.333. The Morgan fingerprint density at radius 2 is 2.00 bits per heavy atom. The molecule has 1 saturated heterocycles. The fourth-order valence-corrected chi connectivity index (χ4v) is 4.05. The van der Waals surface area contributed by atoms with E-state index in [1.54, 1.807) is 30.3 Å². The molecular formula is C24H25ClN3NaO6. The summed E-state index contributed by atoms with van der Waals surface area (Å²) in [7, 11) is 1.50. The molecule has 1 aliphatic heterocycles. The van der Waals surface area contributed by atoms with Gasteiger partial charge in [0.25, 0.3) is 0 Å². The molecule has 1 fully saturated rings. The number of hydrogen-bond donors (Lipinski definition) is 2. The van der Waals surface area contributed by atoms with E-state index in [2.05, 4.69) is 10.6 Å². The van der Waals surface area contributed by atoms with Crippen LogP contribution in [-0.2, 0) is 16.0 Å². The van der Waals surface area contributed by atoms with Crippen molar-refractivity contribution in [1.82, 2.24) is 15.5 Å². The van der Waals surface area contributed by atoms with Crippen LogP contribution in [0, 0.1) is 5.92 Å². The second-order valence-corrected chi connectivity index (χ2v) is 8.35. The van der Waals surface area contributed by atoms with E-state index in [9.17, 15) is 24.3 Å². The fourth-order valence-electron chi connectivity index (χ4n) is 3.86. The summed E-state index contributed by atoms with van der Waals surface area (Å²) in [4.78, 5) is 50.7. The zero-order valence-electron chi connectivity index (χ0n) is 19.8. The van der Waals surface area contributed by atoms with Gasteiger partial charge in [0.15, 0.2) is 0 Å². The summed E-state index contributed by atoms with van der Waals surface area (Å²) in [5.74, 6) is -2.48. The van der Waals surface area contributed by atoms with Crippen molar-refractivity contribution in [3.8, 4) is 5.75 Å². The van der Waals surface area contributed by atoms with Gasteiger partial charge in [-0.05, 0) is 53.8 Å². The van der Waals surface area contributed by atoms with Gasteiger partial charge in [-0.3, -0.25) is 14.5 Å². The van der Waals surface area contributed by atoms with Gasteiger partial charge < -0.3 is 25.3 Å². The molecular weight excluding hydrogens is 485 g/mol. The van der Waals surface area contributed by atoms with Gasteiger partial charge in [-0.2, -0.15) is 0 Å². The molecule has 2 N–H and O–H groups in total. The zero-order valence-corrected chi connectivity index (χ0v) is 22.6. The molecule has 2 aromatic rings. The minimum atomic E-state index is -1.33. The number of halogens is 1. The molecule has 0 aliphatic carbocycles. The molecule has 0 radical (unpaired) electrons. The quantitative estimate of drug-likeness (QED) is 0.446. The van der Waals surface area contributed by atoms with Crippen molar-refractivity contribution in [3.63, 3.8) is 0 Å². The molecule has 2 atom stereocenters. The number of ether oxygens (including phenoxy) is 1. The Labute approximate surface area is 230 Å². The van der Waals surface area contributed by atoms with Gasteiger partial charge in [0.05, 0.1) is 25.0 Å². The molecule has 0 spiro atoms. The topological polar surface area (TPSA) is 128 Å². The maximum absolute atomic E-state index is 13.3. The minimum Gasteiger partial charge on any atom is -0.545 e. The maximum Gasteiger partial charge on any atom is 1.00 e. The van der Waals surface area contributed by atoms with E-state index in [0.29, 0.717) is 28.3 Å². The number of carboxylic acids is 1. The first-order chi connectivity index (χ1) is 16.2. The molecule has 2 aromatic carbocycles. The smallest absolute Gasteiger partial charge is 0.545 e. The van der Waals surface area contributed by atoms with Crippen molar-refractivity contribution in [2.75, 3.05) is 20.2 Å². The van der Waals surface area contributed by atoms with Crippen LogP contribution < -0.4 is 50.0 Å². The maximum atomic E-state index is 13.3. The number of nitrogens with one attached hydrogen (secondary N) is 2. The van der Waals surface area contributed by atoms with E-state index in [1.165, 1.54) is 19.2 Å². The number of urea groups is 1. The van der Waals surface area contributed by atoms with Crippen LogP contribution in [0.2, 0.25) is 5.02 Å². The Bertz CT molecular complexity index is 1110. The summed E-state index contributed by atoms with van der Waals surface area (Å²) in [5, 5.41) is 17.1. The van der Waals surface area contributed by atoms with Crippen LogP contribution in [-0.4, -0.2) is 48.9 Å². The van der Waals surface area contributed by atoms with E-state index in [1.807, 2.05) is 6.92 Å². The predicted molar refractivity (Wildman–Crippen MR) is 122 cm³/mol. The third kappa shape index (κ3) is 7.20. The van der Waals surface area contributed by atoms with Crippen molar-refractivity contribution in [2.45, 2.75) is 25.8 Å². The van der Waals surface area contributed by atoms with E-state index in [0.717, 1.165) is 4.90 Å². The summed E-state index contributed by atoms with van der Waals surface area (Å²) >= 11 is 6.10. The van der Waals surface area contributed by atoms with Gasteiger partial charge in [0, 0.05) is 11.6 Å². The number of carboxylic acid groups (broad SMARTS) is 1. The Morgan fingerprint density at radius 1 is 1.26 bits per heavy atom. The van der Waals surface area contributed by atoms with Crippen LogP contribution >= 0.6 is 11.6 Å². The second-order valence-electron chi connectivity index (χ2n) is 7.91. The summed E-state index contributed by atoms with van der Waals surface area (Å²) in [6.07, 6.45) is 0.636. The number of aromatic carboxylic acids is 1. The van der Waals surface area contributed by atoms with Gasteiger partial charge in [-0.15, -0.1) is 0 Å². The average Bonchev–Trinajstić information content (AvgIpc) is 2.96. The van der Waals surface area contributed by atoms with Crippen LogP contribution in [0.5, 0.6) is 5.75 Å². The molecule has 0 aromatic heterocycles. The van der Waals surface area contributed by atoms with Gasteiger partial charge in [0.2, 0.25) is 11.8 Å². The molecule has 35 heavy (non-hydrogen) atoms. The largest absolute Gasteiger partial charge is 1.00 e. The van der Waals surface area contributed by atoms with E-state index in [4.69, 9.17) is 16.3 Å². The number of nitrogens with zero attached hydrogens (tertiary/aromatic N) is 1. The van der Waals surface area contributed by atoms with Gasteiger partial charge in [-0.1, -0.05) is 36.7 Å². The average molecular weight is 510 g/mol. The minimum absolute atomic E-state index is 0. The normalized spacial score (nSPS) is 16.4. The van der Waals surface area contributed by atoms with Crippen LogP contribution in [0.25, 0.3) is 0 Å². The third-order valence-electron chi connectivity index (χ3n) is 5.65. The Morgan fingerprint density at radius 3 is 2.66 bits per heavy atom. The van der Waals surface area contributed by atoms with Crippen molar-refractivity contribution >= 4 is 35.4 Å². The molecule has 3 rings (SSSR count). The van der Waals surface area contributed by atoms with Crippen molar-refractivity contribution < 1.29 is 58.6 Å². The Balaban J connectivity index is 0.00000432. The molecule has 1 heterocycles. The SMILES string of the molecule is CC[C@@H](NC(=O)N1CC(=O)NC[C@@H](Cc2cc(Cl)ccc2OC)C1=O)c1cccc(C(=O)[O-])c1.[Na+]. The molecule has 180 valence electrons. The van der Waals surface area contributed by atoms with E-state index in [-0.39, 0.29) is 48.1 Å². The molecule has 0 unspecified atom stereocenters. The number of amides is 4. The van der Waals surface area contributed by atoms with Gasteiger partial charge >= 0.3 is 35.6 Å². The zero-order chi connectivity index (χ0) is 24.8. The molecule has 11 heteroatoms. The Kier molecular flexibility index (Phi) is 10.6. The molecule has 0 saturated carbocycles. The van der Waals surface area contributed by atoms with Crippen LogP contribution in [0.15, 0.2) is 42.5 Å². The van der Waals surface area contributed by atoms with Crippen molar-refractivity contribution in [2.24, 2.45) is 5.92 Å². The van der Waals surface area contributed by atoms with Crippen LogP contribution in [0.4, 0.5) is 4.79 Å². The van der Waals surface area contributed by atoms with Crippen LogP contribution in [0.1, 0.15) is 40.9 Å². The monoisotopic (exact) mass is 509 g/mol. The summed E-state index contributed by atoms with van der Waals surface area (Å²) < 4.78 is 5.35. The van der Waals surface area contributed by atoms with E-state index < -0.39 is 42.3 Å². The number of carbonyl (C=O) groups excluding carboxylic acids is 4. The summed E-state index contributed by atoms with van der Waals surface area (Å²) in [5.41, 5.74) is 1.20. The second kappa shape index (κ2) is 12.9. The predicted octanol–water partition coefficient (Wildman–Crippen LogP) is -1.31. The number of rotatable bonds is 7. The van der Waals surface area contributed by atoms with E-state index >= 15 is 0 Å². The molecule has 0 bridgehead atoms. The summed E-state index contributed by atoms with van der Waals surface area (Å²) in [6.45, 7) is 1.44. The standard InChI is InChI=1S/C24H26ClN3O6.Na/c1-3-19(14-5-4-6-15(9-14)23(31)32)27-24(33)28-13-21(29)26-12-17(22(28)30)10-16-11-18(25)7-8-20(16)34-2;/h4-9,11,17,19H,3,10,12-13H2,1-2H3,(H,26,29)(H,27,33)(H,31,32);/q;+1/p-1/t17-,19-;/m1./s1. The van der Waals surface area contributed by atoms with Gasteiger partial charge in [-0.25, -0.2) is 4.79 Å². The molecule has 4 amide bonds. The number of carbonyl (C=O) groups is 4. The number of methoxy groups -OCH3 is 1. The molecule has 1 aliphatic rings. The van der Waals surface area contributed by atoms with Gasteiger partial charge in [0.1, 0.15) is 12.3 Å². The van der Waals surface area contributed by atoms with Crippen LogP contribution in [0.3, 0.4) is 0 Å². The van der Waals surface area contributed by atoms with Crippen molar-refractivity contribution in [3.05, 3.63) is 64.2 Å². The Hall–Kier alpha value is -2.59. The third-order valence-corrected chi connectivity index (χ3v) is 5.88. The number of hydrogen-bond acceptors (Lipinski definition) is 6. The summed E-state index contributed by atoms with van der Waals surface area (Å²) in [6, 6.07) is 9.75. The molecule has 9 nitrogen and oxygen atoms in total. The first kappa shape index (κ1) is 28.6.